The van der Waals surface area contributed by atoms with Crippen LogP contribution < -0.4 is 0 Å². The summed E-state index contributed by atoms with van der Waals surface area (Å²) in [6.45, 7) is 8.05. The van der Waals surface area contributed by atoms with Gasteiger partial charge in [-0.05, 0) is 24.5 Å². The van der Waals surface area contributed by atoms with Crippen LogP contribution in [0.25, 0.3) is 0 Å². The van der Waals surface area contributed by atoms with Crippen LogP contribution in [-0.4, -0.2) is 18.5 Å². The molecule has 0 heterocycles. The first-order valence-corrected chi connectivity index (χ1v) is 6.72. The van der Waals surface area contributed by atoms with E-state index in [0.717, 1.165) is 0 Å². The van der Waals surface area contributed by atoms with Gasteiger partial charge in [0.1, 0.15) is 11.9 Å². The first-order chi connectivity index (χ1) is 8.77. The summed E-state index contributed by atoms with van der Waals surface area (Å²) in [4.78, 5) is 12.3. The SMILES string of the molecule is CCOC(C(=O)Cc1c(F)cccc1Cl)C(C)(C)C. The molecular weight excluding hydrogens is 267 g/mol. The zero-order valence-corrected chi connectivity index (χ0v) is 12.6. The van der Waals surface area contributed by atoms with Crippen molar-refractivity contribution < 1.29 is 13.9 Å². The van der Waals surface area contributed by atoms with Crippen molar-refractivity contribution in [2.24, 2.45) is 5.41 Å². The molecule has 19 heavy (non-hydrogen) atoms. The molecule has 0 spiro atoms. The molecule has 0 saturated carbocycles. The van der Waals surface area contributed by atoms with Gasteiger partial charge in [0.05, 0.1) is 0 Å². The van der Waals surface area contributed by atoms with Crippen molar-refractivity contribution in [2.75, 3.05) is 6.61 Å². The standard InChI is InChI=1S/C15H20ClFO2/c1-5-19-14(15(2,3)4)13(18)9-10-11(16)7-6-8-12(10)17/h6-8,14H,5,9H2,1-4H3. The van der Waals surface area contributed by atoms with E-state index in [2.05, 4.69) is 0 Å². The van der Waals surface area contributed by atoms with E-state index in [1.54, 1.807) is 6.07 Å². The summed E-state index contributed by atoms with van der Waals surface area (Å²) in [5.74, 6) is -0.605. The van der Waals surface area contributed by atoms with Gasteiger partial charge in [0.15, 0.2) is 5.78 Å². The lowest BCUT2D eigenvalue weighted by atomic mass is 9.84. The van der Waals surface area contributed by atoms with Crippen LogP contribution in [-0.2, 0) is 16.0 Å². The third kappa shape index (κ3) is 4.29. The quantitative estimate of drug-likeness (QED) is 0.816. The monoisotopic (exact) mass is 286 g/mol. The number of rotatable bonds is 5. The molecule has 1 aromatic carbocycles. The molecule has 0 fully saturated rings. The van der Waals surface area contributed by atoms with Gasteiger partial charge in [-0.15, -0.1) is 0 Å². The van der Waals surface area contributed by atoms with Gasteiger partial charge in [-0.3, -0.25) is 4.79 Å². The van der Waals surface area contributed by atoms with E-state index in [-0.39, 0.29) is 28.2 Å². The van der Waals surface area contributed by atoms with Crippen molar-refractivity contribution in [2.45, 2.75) is 40.2 Å². The van der Waals surface area contributed by atoms with Gasteiger partial charge in [-0.2, -0.15) is 0 Å². The molecule has 0 saturated heterocycles. The lowest BCUT2D eigenvalue weighted by Gasteiger charge is -2.29. The van der Waals surface area contributed by atoms with Crippen LogP contribution in [0.15, 0.2) is 18.2 Å². The topological polar surface area (TPSA) is 26.3 Å². The van der Waals surface area contributed by atoms with E-state index in [9.17, 15) is 9.18 Å². The number of hydrogen-bond donors (Lipinski definition) is 0. The fraction of sp³-hybridized carbons (Fsp3) is 0.533. The second-order valence-electron chi connectivity index (χ2n) is 5.54. The van der Waals surface area contributed by atoms with Crippen molar-refractivity contribution in [3.8, 4) is 0 Å². The Balaban J connectivity index is 2.94. The third-order valence-corrected chi connectivity index (χ3v) is 3.18. The van der Waals surface area contributed by atoms with Crippen LogP contribution in [0.4, 0.5) is 4.39 Å². The Morgan fingerprint density at radius 2 is 2.05 bits per heavy atom. The summed E-state index contributed by atoms with van der Waals surface area (Å²) < 4.78 is 19.2. The number of carbonyl (C=O) groups excluding carboxylic acids is 1. The van der Waals surface area contributed by atoms with E-state index >= 15 is 0 Å². The second-order valence-corrected chi connectivity index (χ2v) is 5.95. The number of ether oxygens (including phenoxy) is 1. The molecule has 1 atom stereocenters. The first kappa shape index (κ1) is 16.1. The average Bonchev–Trinajstić information content (AvgIpc) is 2.29. The molecule has 0 bridgehead atoms. The van der Waals surface area contributed by atoms with Crippen molar-refractivity contribution in [3.05, 3.63) is 34.6 Å². The highest BCUT2D eigenvalue weighted by Crippen LogP contribution is 2.26. The fourth-order valence-electron chi connectivity index (χ4n) is 1.96. The third-order valence-electron chi connectivity index (χ3n) is 2.83. The highest BCUT2D eigenvalue weighted by atomic mass is 35.5. The molecule has 1 aromatic rings. The molecule has 0 aliphatic carbocycles. The van der Waals surface area contributed by atoms with Gasteiger partial charge < -0.3 is 4.74 Å². The highest BCUT2D eigenvalue weighted by Gasteiger charge is 2.32. The van der Waals surface area contributed by atoms with Gasteiger partial charge in [0.2, 0.25) is 0 Å². The zero-order chi connectivity index (χ0) is 14.6. The second kappa shape index (κ2) is 6.49. The van der Waals surface area contributed by atoms with Gasteiger partial charge in [0.25, 0.3) is 0 Å². The number of hydrogen-bond acceptors (Lipinski definition) is 2. The van der Waals surface area contributed by atoms with Crippen molar-refractivity contribution in [1.82, 2.24) is 0 Å². The normalized spacial score (nSPS) is 13.4. The molecule has 4 heteroatoms. The summed E-state index contributed by atoms with van der Waals surface area (Å²) in [5.41, 5.74) is -0.0895. The lowest BCUT2D eigenvalue weighted by molar-refractivity contribution is -0.136. The Kier molecular flexibility index (Phi) is 5.50. The van der Waals surface area contributed by atoms with E-state index in [4.69, 9.17) is 16.3 Å². The Bertz CT molecular complexity index is 432. The summed E-state index contributed by atoms with van der Waals surface area (Å²) in [5, 5.41) is 0.275. The maximum Gasteiger partial charge on any atom is 0.166 e. The number of carbonyl (C=O) groups is 1. The molecule has 1 rings (SSSR count). The first-order valence-electron chi connectivity index (χ1n) is 6.34. The maximum atomic E-state index is 13.7. The summed E-state index contributed by atoms with van der Waals surface area (Å²) in [7, 11) is 0. The molecule has 0 amide bonds. The Labute approximate surface area is 118 Å². The smallest absolute Gasteiger partial charge is 0.166 e. The minimum Gasteiger partial charge on any atom is -0.370 e. The highest BCUT2D eigenvalue weighted by molar-refractivity contribution is 6.31. The predicted molar refractivity (Wildman–Crippen MR) is 75.0 cm³/mol. The van der Waals surface area contributed by atoms with Crippen LogP contribution in [0.3, 0.4) is 0 Å². The molecule has 0 aliphatic rings. The summed E-state index contributed by atoms with van der Waals surface area (Å²) in [6.07, 6.45) is -0.610. The minimum absolute atomic E-state index is 0.0482. The van der Waals surface area contributed by atoms with E-state index in [1.807, 2.05) is 27.7 Å². The average molecular weight is 287 g/mol. The van der Waals surface area contributed by atoms with Gasteiger partial charge in [0, 0.05) is 23.6 Å². The van der Waals surface area contributed by atoms with Crippen LogP contribution >= 0.6 is 11.6 Å². The summed E-state index contributed by atoms with van der Waals surface area (Å²) >= 11 is 5.94. The maximum absolute atomic E-state index is 13.7. The van der Waals surface area contributed by atoms with Gasteiger partial charge >= 0.3 is 0 Å². The van der Waals surface area contributed by atoms with Crippen LogP contribution in [0.2, 0.25) is 5.02 Å². The van der Waals surface area contributed by atoms with E-state index in [0.29, 0.717) is 6.61 Å². The fourth-order valence-corrected chi connectivity index (χ4v) is 2.19. The van der Waals surface area contributed by atoms with Crippen LogP contribution in [0.5, 0.6) is 0 Å². The van der Waals surface area contributed by atoms with Crippen molar-refractivity contribution >= 4 is 17.4 Å². The van der Waals surface area contributed by atoms with E-state index in [1.165, 1.54) is 12.1 Å². The van der Waals surface area contributed by atoms with Crippen LogP contribution in [0, 0.1) is 11.2 Å². The van der Waals surface area contributed by atoms with Gasteiger partial charge in [-0.1, -0.05) is 38.4 Å². The Morgan fingerprint density at radius 3 is 2.53 bits per heavy atom. The molecule has 0 aliphatic heterocycles. The predicted octanol–water partition coefficient (Wildman–Crippen LogP) is 4.04. The molecule has 1 unspecified atom stereocenters. The molecule has 0 aromatic heterocycles. The van der Waals surface area contributed by atoms with Crippen molar-refractivity contribution in [3.63, 3.8) is 0 Å². The molecule has 0 N–H and O–H groups in total. The number of benzene rings is 1. The zero-order valence-electron chi connectivity index (χ0n) is 11.8. The Hall–Kier alpha value is -0.930. The number of ketones is 1. The Morgan fingerprint density at radius 1 is 1.42 bits per heavy atom. The molecule has 106 valence electrons. The minimum atomic E-state index is -0.562. The van der Waals surface area contributed by atoms with Crippen LogP contribution in [0.1, 0.15) is 33.3 Å². The number of Topliss-reactive ketones (excluding diaryl/α,β-unsaturated/α-hetero) is 1. The molecule has 2 nitrogen and oxygen atoms in total. The molecule has 0 radical (unpaired) electrons. The van der Waals surface area contributed by atoms with Crippen molar-refractivity contribution in [1.29, 1.82) is 0 Å². The van der Waals surface area contributed by atoms with Gasteiger partial charge in [-0.25, -0.2) is 4.39 Å². The molecular formula is C15H20ClFO2. The number of halogens is 2. The largest absolute Gasteiger partial charge is 0.370 e. The summed E-state index contributed by atoms with van der Waals surface area (Å²) in [6, 6.07) is 4.41. The van der Waals surface area contributed by atoms with E-state index < -0.39 is 11.9 Å². The lowest BCUT2D eigenvalue weighted by Crippen LogP contribution is -2.38.